The van der Waals surface area contributed by atoms with Crippen molar-refractivity contribution in [2.45, 2.75) is 39.2 Å². The Hall–Kier alpha value is -1.29. The summed E-state index contributed by atoms with van der Waals surface area (Å²) in [5.74, 6) is 0. The fourth-order valence-corrected chi connectivity index (χ4v) is 2.90. The number of benzene rings is 1. The number of thiazole rings is 1. The van der Waals surface area contributed by atoms with Crippen molar-refractivity contribution in [1.29, 1.82) is 0 Å². The van der Waals surface area contributed by atoms with Gasteiger partial charge in [0.25, 0.3) is 0 Å². The van der Waals surface area contributed by atoms with E-state index in [2.05, 4.69) is 24.1 Å². The molecule has 0 aliphatic heterocycles. The van der Waals surface area contributed by atoms with E-state index in [0.29, 0.717) is 6.04 Å². The van der Waals surface area contributed by atoms with Crippen LogP contribution in [0, 0.1) is 0 Å². The van der Waals surface area contributed by atoms with Crippen LogP contribution >= 0.6 is 11.3 Å². The van der Waals surface area contributed by atoms with E-state index in [4.69, 9.17) is 5.73 Å². The first kappa shape index (κ1) is 12.2. The van der Waals surface area contributed by atoms with Crippen LogP contribution in [0.5, 0.6) is 0 Å². The molecule has 3 N–H and O–H groups in total. The molecule has 92 valence electrons. The molecule has 0 fully saturated rings. The predicted molar refractivity (Wildman–Crippen MR) is 76.6 cm³/mol. The summed E-state index contributed by atoms with van der Waals surface area (Å²) in [5.41, 5.74) is 7.59. The van der Waals surface area contributed by atoms with Gasteiger partial charge in [-0.3, -0.25) is 0 Å². The van der Waals surface area contributed by atoms with Gasteiger partial charge in [0, 0.05) is 11.7 Å². The number of fused-ring (bicyclic) bond motifs is 1. The second-order valence-corrected chi connectivity index (χ2v) is 5.32. The Bertz CT molecular complexity index is 492. The molecule has 1 heterocycles. The van der Waals surface area contributed by atoms with E-state index in [9.17, 15) is 0 Å². The highest BCUT2D eigenvalue weighted by Gasteiger charge is 2.08. The first-order chi connectivity index (χ1) is 8.22. The summed E-state index contributed by atoms with van der Waals surface area (Å²) in [6.45, 7) is 4.42. The lowest BCUT2D eigenvalue weighted by Gasteiger charge is -2.14. The molecule has 2 rings (SSSR count). The van der Waals surface area contributed by atoms with Crippen LogP contribution in [-0.4, -0.2) is 11.0 Å². The van der Waals surface area contributed by atoms with Gasteiger partial charge >= 0.3 is 0 Å². The summed E-state index contributed by atoms with van der Waals surface area (Å²) in [5, 5.41) is 4.51. The van der Waals surface area contributed by atoms with Crippen LogP contribution in [0.3, 0.4) is 0 Å². The summed E-state index contributed by atoms with van der Waals surface area (Å²) >= 11 is 1.68. The largest absolute Gasteiger partial charge is 0.399 e. The smallest absolute Gasteiger partial charge is 0.184 e. The summed E-state index contributed by atoms with van der Waals surface area (Å²) in [7, 11) is 0. The lowest BCUT2D eigenvalue weighted by molar-refractivity contribution is 0.622. The molecule has 0 saturated carbocycles. The standard InChI is InChI=1S/C13H19N3S/c1-3-5-10(4-2)15-13-16-11-7-6-9(14)8-12(11)17-13/h6-8,10H,3-5,14H2,1-2H3,(H,15,16). The van der Waals surface area contributed by atoms with Gasteiger partial charge in [0.15, 0.2) is 5.13 Å². The van der Waals surface area contributed by atoms with Gasteiger partial charge in [-0.2, -0.15) is 0 Å². The number of nitrogen functional groups attached to an aromatic ring is 1. The van der Waals surface area contributed by atoms with Crippen molar-refractivity contribution in [2.75, 3.05) is 11.1 Å². The van der Waals surface area contributed by atoms with E-state index >= 15 is 0 Å². The Morgan fingerprint density at radius 2 is 2.24 bits per heavy atom. The quantitative estimate of drug-likeness (QED) is 0.791. The molecular weight excluding hydrogens is 230 g/mol. The lowest BCUT2D eigenvalue weighted by Crippen LogP contribution is -2.17. The van der Waals surface area contributed by atoms with Crippen molar-refractivity contribution < 1.29 is 0 Å². The number of hydrogen-bond donors (Lipinski definition) is 2. The van der Waals surface area contributed by atoms with E-state index in [-0.39, 0.29) is 0 Å². The zero-order valence-corrected chi connectivity index (χ0v) is 11.2. The topological polar surface area (TPSA) is 50.9 Å². The average Bonchev–Trinajstić information content (AvgIpc) is 2.69. The van der Waals surface area contributed by atoms with Gasteiger partial charge in [-0.1, -0.05) is 31.6 Å². The predicted octanol–water partition coefficient (Wildman–Crippen LogP) is 3.87. The summed E-state index contributed by atoms with van der Waals surface area (Å²) < 4.78 is 1.15. The minimum Gasteiger partial charge on any atom is -0.399 e. The maximum Gasteiger partial charge on any atom is 0.184 e. The molecule has 4 heteroatoms. The van der Waals surface area contributed by atoms with Crippen molar-refractivity contribution in [3.63, 3.8) is 0 Å². The third kappa shape index (κ3) is 2.88. The molecule has 2 aromatic rings. The van der Waals surface area contributed by atoms with Crippen molar-refractivity contribution in [2.24, 2.45) is 0 Å². The third-order valence-electron chi connectivity index (χ3n) is 2.87. The lowest BCUT2D eigenvalue weighted by atomic mass is 10.1. The first-order valence-corrected chi connectivity index (χ1v) is 6.97. The molecule has 3 nitrogen and oxygen atoms in total. The molecule has 0 bridgehead atoms. The summed E-state index contributed by atoms with van der Waals surface area (Å²) in [6, 6.07) is 6.39. The van der Waals surface area contributed by atoms with Gasteiger partial charge in [0.1, 0.15) is 0 Å². The first-order valence-electron chi connectivity index (χ1n) is 6.15. The normalized spacial score (nSPS) is 12.8. The van der Waals surface area contributed by atoms with Crippen LogP contribution < -0.4 is 11.1 Å². The highest BCUT2D eigenvalue weighted by Crippen LogP contribution is 2.28. The number of nitrogens with zero attached hydrogens (tertiary/aromatic N) is 1. The Morgan fingerprint density at radius 3 is 2.94 bits per heavy atom. The van der Waals surface area contributed by atoms with Crippen LogP contribution in [0.15, 0.2) is 18.2 Å². The maximum atomic E-state index is 5.77. The van der Waals surface area contributed by atoms with E-state index in [1.165, 1.54) is 12.8 Å². The fourth-order valence-electron chi connectivity index (χ4n) is 1.90. The monoisotopic (exact) mass is 249 g/mol. The second-order valence-electron chi connectivity index (χ2n) is 4.28. The Morgan fingerprint density at radius 1 is 1.41 bits per heavy atom. The molecule has 0 spiro atoms. The second kappa shape index (κ2) is 5.36. The van der Waals surface area contributed by atoms with E-state index in [1.807, 2.05) is 18.2 Å². The van der Waals surface area contributed by atoms with Gasteiger partial charge in [-0.15, -0.1) is 0 Å². The molecule has 0 aliphatic rings. The van der Waals surface area contributed by atoms with Crippen molar-refractivity contribution >= 4 is 32.4 Å². The van der Waals surface area contributed by atoms with Gasteiger partial charge in [0.2, 0.25) is 0 Å². The summed E-state index contributed by atoms with van der Waals surface area (Å²) in [6.07, 6.45) is 3.52. The number of hydrogen-bond acceptors (Lipinski definition) is 4. The highest BCUT2D eigenvalue weighted by atomic mass is 32.1. The third-order valence-corrected chi connectivity index (χ3v) is 3.82. The number of nitrogens with one attached hydrogen (secondary N) is 1. The van der Waals surface area contributed by atoms with Crippen molar-refractivity contribution in [3.8, 4) is 0 Å². The maximum absolute atomic E-state index is 5.77. The molecular formula is C13H19N3S. The Balaban J connectivity index is 2.18. The minimum atomic E-state index is 0.526. The molecule has 0 saturated heterocycles. The van der Waals surface area contributed by atoms with Crippen LogP contribution in [0.4, 0.5) is 10.8 Å². The van der Waals surface area contributed by atoms with E-state index in [1.54, 1.807) is 11.3 Å². The molecule has 0 aliphatic carbocycles. The van der Waals surface area contributed by atoms with Crippen LogP contribution in [0.25, 0.3) is 10.2 Å². The average molecular weight is 249 g/mol. The Labute approximate surface area is 106 Å². The number of aromatic nitrogens is 1. The number of anilines is 2. The Kier molecular flexibility index (Phi) is 3.84. The SMILES string of the molecule is CCCC(CC)Nc1nc2ccc(N)cc2s1. The summed E-state index contributed by atoms with van der Waals surface area (Å²) in [4.78, 5) is 4.58. The molecule has 1 unspecified atom stereocenters. The molecule has 1 aromatic carbocycles. The molecule has 0 radical (unpaired) electrons. The number of rotatable bonds is 5. The fraction of sp³-hybridized carbons (Fsp3) is 0.462. The van der Waals surface area contributed by atoms with Crippen LogP contribution in [0.2, 0.25) is 0 Å². The molecule has 1 aromatic heterocycles. The molecule has 1 atom stereocenters. The molecule has 17 heavy (non-hydrogen) atoms. The van der Waals surface area contributed by atoms with Gasteiger partial charge in [-0.25, -0.2) is 4.98 Å². The van der Waals surface area contributed by atoms with Crippen molar-refractivity contribution in [3.05, 3.63) is 18.2 Å². The van der Waals surface area contributed by atoms with E-state index < -0.39 is 0 Å². The minimum absolute atomic E-state index is 0.526. The van der Waals surface area contributed by atoms with Gasteiger partial charge in [0.05, 0.1) is 10.2 Å². The van der Waals surface area contributed by atoms with Crippen LogP contribution in [-0.2, 0) is 0 Å². The van der Waals surface area contributed by atoms with Crippen molar-refractivity contribution in [1.82, 2.24) is 4.98 Å². The van der Waals surface area contributed by atoms with Crippen LogP contribution in [0.1, 0.15) is 33.1 Å². The zero-order chi connectivity index (χ0) is 12.3. The number of nitrogens with two attached hydrogens (primary N) is 1. The zero-order valence-electron chi connectivity index (χ0n) is 10.4. The van der Waals surface area contributed by atoms with Gasteiger partial charge < -0.3 is 11.1 Å². The van der Waals surface area contributed by atoms with Gasteiger partial charge in [-0.05, 0) is 31.0 Å². The molecule has 0 amide bonds. The van der Waals surface area contributed by atoms with E-state index in [0.717, 1.165) is 27.5 Å². The highest BCUT2D eigenvalue weighted by molar-refractivity contribution is 7.22.